The van der Waals surface area contributed by atoms with E-state index in [0.717, 1.165) is 4.61 Å². The summed E-state index contributed by atoms with van der Waals surface area (Å²) in [4.78, 5) is 0.280. The van der Waals surface area contributed by atoms with E-state index in [1.165, 1.54) is 0 Å². The molecule has 1 aliphatic heterocycles. The third-order valence-corrected chi connectivity index (χ3v) is 1.83. The molecule has 0 radical (unpaired) electrons. The van der Waals surface area contributed by atoms with Crippen LogP contribution in [0.5, 0.6) is 0 Å². The summed E-state index contributed by atoms with van der Waals surface area (Å²) in [5.41, 5.74) is 0. The van der Waals surface area contributed by atoms with Crippen LogP contribution in [0.1, 0.15) is 0 Å². The van der Waals surface area contributed by atoms with Crippen molar-refractivity contribution >= 4 is 31.9 Å². The lowest BCUT2D eigenvalue weighted by Crippen LogP contribution is -2.19. The molecule has 0 unspecified atom stereocenters. The first-order chi connectivity index (χ1) is 3.79. The highest BCUT2D eigenvalue weighted by Gasteiger charge is 2.00. The second-order valence-corrected chi connectivity index (χ2v) is 3.29. The number of alkyl halides is 1. The zero-order valence-electron chi connectivity index (χ0n) is 4.07. The Balaban J connectivity index is 2.59. The summed E-state index contributed by atoms with van der Waals surface area (Å²) in [6.45, 7) is 0. The van der Waals surface area contributed by atoms with Crippen molar-refractivity contribution in [2.24, 2.45) is 0 Å². The van der Waals surface area contributed by atoms with Crippen molar-refractivity contribution < 1.29 is 0 Å². The van der Waals surface area contributed by atoms with Crippen LogP contribution in [0.2, 0.25) is 0 Å². The zero-order valence-corrected chi connectivity index (χ0v) is 7.24. The number of halogens is 2. The van der Waals surface area contributed by atoms with Crippen LogP contribution in [0, 0.1) is 0 Å². The van der Waals surface area contributed by atoms with E-state index in [1.54, 1.807) is 0 Å². The van der Waals surface area contributed by atoms with Gasteiger partial charge in [0.15, 0.2) is 0 Å². The standard InChI is InChI=1S/C5H5Br2N/c6-4-2-1-3-5(7)8-4/h1-4,8H/t4-/m1/s1. The maximum atomic E-state index is 3.36. The summed E-state index contributed by atoms with van der Waals surface area (Å²) < 4.78 is 1.02. The van der Waals surface area contributed by atoms with E-state index in [-0.39, 0.29) is 4.95 Å². The topological polar surface area (TPSA) is 12.0 Å². The summed E-state index contributed by atoms with van der Waals surface area (Å²) >= 11 is 6.66. The monoisotopic (exact) mass is 237 g/mol. The molecule has 1 rings (SSSR count). The van der Waals surface area contributed by atoms with Gasteiger partial charge in [-0.3, -0.25) is 0 Å². The molecule has 8 heavy (non-hydrogen) atoms. The molecule has 0 saturated carbocycles. The van der Waals surface area contributed by atoms with E-state index < -0.39 is 0 Å². The molecule has 1 nitrogen and oxygen atoms in total. The van der Waals surface area contributed by atoms with Gasteiger partial charge in [-0.25, -0.2) is 0 Å². The molecule has 44 valence electrons. The Labute approximate surface area is 65.1 Å². The van der Waals surface area contributed by atoms with Crippen LogP contribution in [0.15, 0.2) is 22.8 Å². The Hall–Kier alpha value is 0.240. The van der Waals surface area contributed by atoms with Gasteiger partial charge in [0.25, 0.3) is 0 Å². The Morgan fingerprint density at radius 3 is 2.75 bits per heavy atom. The molecule has 1 atom stereocenters. The van der Waals surface area contributed by atoms with Crippen molar-refractivity contribution in [3.05, 3.63) is 22.8 Å². The van der Waals surface area contributed by atoms with Crippen LogP contribution >= 0.6 is 31.9 Å². The highest BCUT2D eigenvalue weighted by Crippen LogP contribution is 2.10. The minimum absolute atomic E-state index is 0.280. The first kappa shape index (κ1) is 6.36. The van der Waals surface area contributed by atoms with Crippen LogP contribution in [0.4, 0.5) is 0 Å². The van der Waals surface area contributed by atoms with E-state index in [1.807, 2.05) is 18.2 Å². The number of hydrogen-bond donors (Lipinski definition) is 1. The molecule has 3 heteroatoms. The maximum absolute atomic E-state index is 3.36. The fourth-order valence-electron chi connectivity index (χ4n) is 0.466. The van der Waals surface area contributed by atoms with E-state index in [9.17, 15) is 0 Å². The molecule has 0 fully saturated rings. The summed E-state index contributed by atoms with van der Waals surface area (Å²) in [7, 11) is 0. The third kappa shape index (κ3) is 1.63. The van der Waals surface area contributed by atoms with Crippen molar-refractivity contribution in [2.75, 3.05) is 0 Å². The first-order valence-electron chi connectivity index (χ1n) is 2.23. The van der Waals surface area contributed by atoms with E-state index in [0.29, 0.717) is 0 Å². The van der Waals surface area contributed by atoms with Crippen molar-refractivity contribution in [3.8, 4) is 0 Å². The predicted octanol–water partition coefficient (Wildman–Crippen LogP) is 2.10. The second kappa shape index (κ2) is 2.69. The van der Waals surface area contributed by atoms with Gasteiger partial charge in [-0.05, 0) is 22.0 Å². The Morgan fingerprint density at radius 1 is 1.62 bits per heavy atom. The van der Waals surface area contributed by atoms with Crippen LogP contribution < -0.4 is 5.32 Å². The molecule has 1 aliphatic rings. The number of allylic oxidation sites excluding steroid dienone is 2. The third-order valence-electron chi connectivity index (χ3n) is 0.798. The normalized spacial score (nSPS) is 26.8. The number of rotatable bonds is 0. The van der Waals surface area contributed by atoms with Crippen molar-refractivity contribution in [3.63, 3.8) is 0 Å². The largest absolute Gasteiger partial charge is 0.364 e. The molecular weight excluding hydrogens is 234 g/mol. The molecule has 0 amide bonds. The van der Waals surface area contributed by atoms with Crippen molar-refractivity contribution in [2.45, 2.75) is 4.95 Å². The van der Waals surface area contributed by atoms with Crippen LogP contribution in [-0.2, 0) is 0 Å². The quantitative estimate of drug-likeness (QED) is 0.504. The van der Waals surface area contributed by atoms with E-state index in [4.69, 9.17) is 0 Å². The smallest absolute Gasteiger partial charge is 0.101 e. The molecule has 1 heterocycles. The molecule has 0 aromatic heterocycles. The van der Waals surface area contributed by atoms with Gasteiger partial charge >= 0.3 is 0 Å². The minimum atomic E-state index is 0.280. The van der Waals surface area contributed by atoms with Gasteiger partial charge in [-0.2, -0.15) is 0 Å². The average Bonchev–Trinajstić information content (AvgIpc) is 1.64. The molecule has 0 aliphatic carbocycles. The molecule has 0 saturated heterocycles. The first-order valence-corrected chi connectivity index (χ1v) is 3.94. The fraction of sp³-hybridized carbons (Fsp3) is 0.200. The fourth-order valence-corrected chi connectivity index (χ4v) is 1.59. The SMILES string of the molecule is BrC1=CC=C[C@H](Br)N1. The number of hydrogen-bond acceptors (Lipinski definition) is 1. The minimum Gasteiger partial charge on any atom is -0.364 e. The molecule has 0 aromatic rings. The lowest BCUT2D eigenvalue weighted by Gasteiger charge is -2.10. The van der Waals surface area contributed by atoms with Crippen LogP contribution in [0.3, 0.4) is 0 Å². The van der Waals surface area contributed by atoms with Gasteiger partial charge in [0, 0.05) is 0 Å². The van der Waals surface area contributed by atoms with E-state index >= 15 is 0 Å². The van der Waals surface area contributed by atoms with Crippen LogP contribution in [0.25, 0.3) is 0 Å². The summed E-state index contributed by atoms with van der Waals surface area (Å²) in [5.74, 6) is 0. The van der Waals surface area contributed by atoms with E-state index in [2.05, 4.69) is 37.2 Å². The molecular formula is C5H5Br2N. The summed E-state index contributed by atoms with van der Waals surface area (Å²) in [6.07, 6.45) is 5.96. The average molecular weight is 239 g/mol. The van der Waals surface area contributed by atoms with Gasteiger partial charge in [-0.1, -0.05) is 28.1 Å². The predicted molar refractivity (Wildman–Crippen MR) is 42.0 cm³/mol. The Bertz CT molecular complexity index is 139. The lowest BCUT2D eigenvalue weighted by atomic mass is 10.4. The molecule has 0 bridgehead atoms. The van der Waals surface area contributed by atoms with Crippen molar-refractivity contribution in [1.82, 2.24) is 5.32 Å². The highest BCUT2D eigenvalue weighted by atomic mass is 79.9. The van der Waals surface area contributed by atoms with Crippen LogP contribution in [-0.4, -0.2) is 4.95 Å². The molecule has 0 spiro atoms. The Morgan fingerprint density at radius 2 is 2.38 bits per heavy atom. The maximum Gasteiger partial charge on any atom is 0.101 e. The number of nitrogens with one attached hydrogen (secondary N) is 1. The van der Waals surface area contributed by atoms with Crippen molar-refractivity contribution in [1.29, 1.82) is 0 Å². The Kier molecular flexibility index (Phi) is 2.14. The molecule has 1 N–H and O–H groups in total. The summed E-state index contributed by atoms with van der Waals surface area (Å²) in [5, 5.41) is 3.09. The zero-order chi connectivity index (χ0) is 5.98. The van der Waals surface area contributed by atoms with Gasteiger partial charge in [0.05, 0.1) is 4.61 Å². The molecule has 0 aromatic carbocycles. The summed E-state index contributed by atoms with van der Waals surface area (Å²) in [6, 6.07) is 0. The van der Waals surface area contributed by atoms with Gasteiger partial charge in [0.2, 0.25) is 0 Å². The highest BCUT2D eigenvalue weighted by molar-refractivity contribution is 9.12. The lowest BCUT2D eigenvalue weighted by molar-refractivity contribution is 0.915. The van der Waals surface area contributed by atoms with Gasteiger partial charge in [-0.15, -0.1) is 0 Å². The van der Waals surface area contributed by atoms with Gasteiger partial charge in [0.1, 0.15) is 4.95 Å². The van der Waals surface area contributed by atoms with Gasteiger partial charge < -0.3 is 5.32 Å². The second-order valence-electron chi connectivity index (χ2n) is 1.45. The number of dihydropyridines is 1.